The lowest BCUT2D eigenvalue weighted by molar-refractivity contribution is 1.40. The van der Waals surface area contributed by atoms with E-state index in [9.17, 15) is 0 Å². The van der Waals surface area contributed by atoms with Crippen LogP contribution in [0.1, 0.15) is 11.1 Å². The van der Waals surface area contributed by atoms with Crippen molar-refractivity contribution in [2.24, 2.45) is 0 Å². The highest BCUT2D eigenvalue weighted by molar-refractivity contribution is 7.99. The fourth-order valence-electron chi connectivity index (χ4n) is 3.34. The lowest BCUT2D eigenvalue weighted by Gasteiger charge is -2.13. The molecular weight excluding hydrogens is 489 g/mol. The summed E-state index contributed by atoms with van der Waals surface area (Å²) in [5, 5.41) is 14.1. The molecule has 0 amide bonds. The van der Waals surface area contributed by atoms with E-state index in [-0.39, 0.29) is 0 Å². The smallest absolute Gasteiger partial charge is 0.175 e. The van der Waals surface area contributed by atoms with Crippen LogP contribution >= 0.6 is 36.2 Å². The molecule has 0 unspecified atom stereocenters. The van der Waals surface area contributed by atoms with Crippen molar-refractivity contribution >= 4 is 69.2 Å². The lowest BCUT2D eigenvalue weighted by Crippen LogP contribution is -2.19. The summed E-state index contributed by atoms with van der Waals surface area (Å²) in [6.07, 6.45) is 0. The molecule has 4 aromatic carbocycles. The molecule has 0 spiro atoms. The van der Waals surface area contributed by atoms with Gasteiger partial charge in [0, 0.05) is 32.5 Å². The summed E-state index contributed by atoms with van der Waals surface area (Å²) in [7, 11) is 0. The van der Waals surface area contributed by atoms with Crippen molar-refractivity contribution in [1.82, 2.24) is 0 Å². The molecular formula is C28H26N4S3. The predicted molar refractivity (Wildman–Crippen MR) is 159 cm³/mol. The van der Waals surface area contributed by atoms with Crippen LogP contribution < -0.4 is 21.3 Å². The van der Waals surface area contributed by atoms with Gasteiger partial charge in [0.25, 0.3) is 0 Å². The van der Waals surface area contributed by atoms with Crippen LogP contribution in [0.4, 0.5) is 22.7 Å². The number of hydrogen-bond acceptors (Lipinski definition) is 3. The van der Waals surface area contributed by atoms with Gasteiger partial charge in [-0.2, -0.15) is 0 Å². The van der Waals surface area contributed by atoms with Crippen LogP contribution in [0, 0.1) is 13.8 Å². The van der Waals surface area contributed by atoms with Crippen molar-refractivity contribution in [3.63, 3.8) is 0 Å². The molecule has 4 N–H and O–H groups in total. The number of rotatable bonds is 6. The summed E-state index contributed by atoms with van der Waals surface area (Å²) in [6, 6.07) is 32.6. The van der Waals surface area contributed by atoms with Crippen molar-refractivity contribution in [2.45, 2.75) is 23.6 Å². The van der Waals surface area contributed by atoms with Crippen LogP contribution in [0.5, 0.6) is 0 Å². The molecule has 176 valence electrons. The Balaban J connectivity index is 1.28. The Kier molecular flexibility index (Phi) is 8.36. The van der Waals surface area contributed by atoms with Crippen LogP contribution in [0.3, 0.4) is 0 Å². The third-order valence-electron chi connectivity index (χ3n) is 5.25. The van der Waals surface area contributed by atoms with Gasteiger partial charge in [-0.05, 0) is 110 Å². The average molecular weight is 515 g/mol. The van der Waals surface area contributed by atoms with Gasteiger partial charge in [-0.15, -0.1) is 0 Å². The highest BCUT2D eigenvalue weighted by atomic mass is 32.2. The number of benzene rings is 4. The Hall–Kier alpha value is -3.39. The van der Waals surface area contributed by atoms with Gasteiger partial charge in [-0.1, -0.05) is 48.2 Å². The minimum absolute atomic E-state index is 0.567. The molecule has 0 aliphatic heterocycles. The maximum atomic E-state index is 5.45. The van der Waals surface area contributed by atoms with E-state index in [1.165, 1.54) is 0 Å². The number of para-hydroxylation sites is 2. The number of aryl methyl sites for hydroxylation is 2. The fraction of sp³-hybridized carbons (Fsp3) is 0.0714. The Morgan fingerprint density at radius 3 is 1.26 bits per heavy atom. The van der Waals surface area contributed by atoms with Crippen LogP contribution in [0.2, 0.25) is 0 Å². The van der Waals surface area contributed by atoms with E-state index in [0.29, 0.717) is 10.2 Å². The number of nitrogens with one attached hydrogen (secondary N) is 4. The quantitative estimate of drug-likeness (QED) is 0.194. The van der Waals surface area contributed by atoms with Gasteiger partial charge < -0.3 is 21.3 Å². The Morgan fingerprint density at radius 1 is 0.514 bits per heavy atom. The highest BCUT2D eigenvalue weighted by Crippen LogP contribution is 2.29. The third-order valence-corrected chi connectivity index (χ3v) is 6.67. The standard InChI is InChI=1S/C28H26N4S3/c1-19-7-3-5-9-25(19)31-27(33)29-21-11-15-23(16-12-21)35-24-17-13-22(14-18-24)30-28(34)32-26-10-6-4-8-20(26)2/h3-18H,1-2H3,(H2,29,31,33)(H2,30,32,34). The van der Waals surface area contributed by atoms with Crippen LogP contribution in [-0.4, -0.2) is 10.2 Å². The van der Waals surface area contributed by atoms with E-state index in [1.54, 1.807) is 11.8 Å². The van der Waals surface area contributed by atoms with E-state index < -0.39 is 0 Å². The van der Waals surface area contributed by atoms with Gasteiger partial charge in [0.05, 0.1) is 0 Å². The van der Waals surface area contributed by atoms with Crippen molar-refractivity contribution in [3.05, 3.63) is 108 Å². The minimum Gasteiger partial charge on any atom is -0.332 e. The largest absolute Gasteiger partial charge is 0.332 e. The molecule has 0 aromatic heterocycles. The second-order valence-corrected chi connectivity index (χ2v) is 9.90. The molecule has 0 heterocycles. The van der Waals surface area contributed by atoms with Crippen LogP contribution in [0.15, 0.2) is 107 Å². The summed E-state index contributed by atoms with van der Waals surface area (Å²) >= 11 is 12.6. The molecule has 7 heteroatoms. The van der Waals surface area contributed by atoms with E-state index >= 15 is 0 Å². The summed E-state index contributed by atoms with van der Waals surface area (Å²) < 4.78 is 0. The van der Waals surface area contributed by atoms with E-state index in [0.717, 1.165) is 43.7 Å². The van der Waals surface area contributed by atoms with Crippen molar-refractivity contribution in [2.75, 3.05) is 21.3 Å². The zero-order chi connectivity index (χ0) is 24.6. The monoisotopic (exact) mass is 514 g/mol. The molecule has 0 saturated carbocycles. The van der Waals surface area contributed by atoms with Crippen LogP contribution in [-0.2, 0) is 0 Å². The van der Waals surface area contributed by atoms with E-state index in [4.69, 9.17) is 24.4 Å². The first-order valence-electron chi connectivity index (χ1n) is 11.1. The number of hydrogen-bond donors (Lipinski definition) is 4. The molecule has 4 rings (SSSR count). The van der Waals surface area contributed by atoms with Gasteiger partial charge in [0.2, 0.25) is 0 Å². The molecule has 0 bridgehead atoms. The average Bonchev–Trinajstić information content (AvgIpc) is 2.84. The first-order chi connectivity index (χ1) is 17.0. The maximum absolute atomic E-state index is 5.45. The van der Waals surface area contributed by atoms with Crippen molar-refractivity contribution < 1.29 is 0 Å². The predicted octanol–water partition coefficient (Wildman–Crippen LogP) is 8.07. The molecule has 4 nitrogen and oxygen atoms in total. The summed E-state index contributed by atoms with van der Waals surface area (Å²) in [5.74, 6) is 0. The SMILES string of the molecule is Cc1ccccc1NC(=S)Nc1ccc(Sc2ccc(NC(=S)Nc3ccccc3C)cc2)cc1. The second kappa shape index (κ2) is 11.8. The minimum atomic E-state index is 0.567. The molecule has 0 aliphatic rings. The first-order valence-corrected chi connectivity index (χ1v) is 12.7. The second-order valence-electron chi connectivity index (χ2n) is 7.94. The number of thiocarbonyl (C=S) groups is 2. The third kappa shape index (κ3) is 7.29. The normalized spacial score (nSPS) is 10.3. The zero-order valence-corrected chi connectivity index (χ0v) is 21.9. The van der Waals surface area contributed by atoms with E-state index in [1.807, 2.05) is 60.7 Å². The van der Waals surface area contributed by atoms with Crippen molar-refractivity contribution in [3.8, 4) is 0 Å². The van der Waals surface area contributed by atoms with Gasteiger partial charge in [-0.3, -0.25) is 0 Å². The molecule has 0 radical (unpaired) electrons. The first kappa shape index (κ1) is 24.7. The van der Waals surface area contributed by atoms with Crippen molar-refractivity contribution in [1.29, 1.82) is 0 Å². The highest BCUT2D eigenvalue weighted by Gasteiger charge is 2.04. The van der Waals surface area contributed by atoms with Gasteiger partial charge >= 0.3 is 0 Å². The zero-order valence-electron chi connectivity index (χ0n) is 19.5. The Morgan fingerprint density at radius 2 is 0.886 bits per heavy atom. The van der Waals surface area contributed by atoms with Gasteiger partial charge in [-0.25, -0.2) is 0 Å². The topological polar surface area (TPSA) is 48.1 Å². The van der Waals surface area contributed by atoms with Crippen LogP contribution in [0.25, 0.3) is 0 Å². The van der Waals surface area contributed by atoms with E-state index in [2.05, 4.69) is 71.5 Å². The molecule has 35 heavy (non-hydrogen) atoms. The Bertz CT molecular complexity index is 1220. The molecule has 0 saturated heterocycles. The maximum Gasteiger partial charge on any atom is 0.175 e. The molecule has 0 fully saturated rings. The fourth-order valence-corrected chi connectivity index (χ4v) is 4.62. The molecule has 4 aromatic rings. The summed E-state index contributed by atoms with van der Waals surface area (Å²) in [5.41, 5.74) is 6.18. The number of anilines is 4. The van der Waals surface area contributed by atoms with Gasteiger partial charge in [0.1, 0.15) is 0 Å². The molecule has 0 atom stereocenters. The Labute approximate surface area is 221 Å². The molecule has 0 aliphatic carbocycles. The van der Waals surface area contributed by atoms with Gasteiger partial charge in [0.15, 0.2) is 10.2 Å². The summed E-state index contributed by atoms with van der Waals surface area (Å²) in [6.45, 7) is 4.10. The lowest BCUT2D eigenvalue weighted by atomic mass is 10.2. The summed E-state index contributed by atoms with van der Waals surface area (Å²) in [4.78, 5) is 2.29.